The molecule has 9 heteroatoms. The third kappa shape index (κ3) is 3.31. The van der Waals surface area contributed by atoms with Crippen molar-refractivity contribution in [1.82, 2.24) is 20.2 Å². The third-order valence-corrected chi connectivity index (χ3v) is 1.47. The number of rotatable bonds is 4. The van der Waals surface area contributed by atoms with Gasteiger partial charge in [0.25, 0.3) is 5.95 Å². The van der Waals surface area contributed by atoms with E-state index in [4.69, 9.17) is 10.8 Å². The van der Waals surface area contributed by atoms with Crippen molar-refractivity contribution in [2.24, 2.45) is 12.8 Å². The average molecular weight is 214 g/mol. The highest BCUT2D eigenvalue weighted by Crippen LogP contribution is 1.96. The molecule has 0 aliphatic carbocycles. The zero-order valence-corrected chi connectivity index (χ0v) is 7.91. The van der Waals surface area contributed by atoms with Crippen LogP contribution in [0.2, 0.25) is 0 Å². The van der Waals surface area contributed by atoms with Gasteiger partial charge in [-0.25, -0.2) is 0 Å². The Bertz CT molecular complexity index is 375. The van der Waals surface area contributed by atoms with Gasteiger partial charge in [-0.15, -0.1) is 5.10 Å². The summed E-state index contributed by atoms with van der Waals surface area (Å²) in [6, 6.07) is -1.13. The van der Waals surface area contributed by atoms with E-state index in [0.717, 1.165) is 4.80 Å². The largest absolute Gasteiger partial charge is 0.481 e. The van der Waals surface area contributed by atoms with Gasteiger partial charge in [0.2, 0.25) is 5.91 Å². The maximum absolute atomic E-state index is 11.2. The number of carbonyl (C=O) groups excluding carboxylic acids is 1. The van der Waals surface area contributed by atoms with Crippen molar-refractivity contribution in [3.05, 3.63) is 0 Å². The van der Waals surface area contributed by atoms with Crippen molar-refractivity contribution in [3.8, 4) is 0 Å². The van der Waals surface area contributed by atoms with Crippen LogP contribution in [0.15, 0.2) is 0 Å². The normalized spacial score (nSPS) is 12.1. The topological polar surface area (TPSA) is 136 Å². The molecule has 1 aromatic heterocycles. The number of aromatic nitrogens is 4. The van der Waals surface area contributed by atoms with Gasteiger partial charge in [0, 0.05) is 0 Å². The molecule has 0 bridgehead atoms. The molecule has 1 unspecified atom stereocenters. The maximum atomic E-state index is 11.2. The smallest absolute Gasteiger partial charge is 0.305 e. The number of hydrogen-bond donors (Lipinski definition) is 3. The second kappa shape index (κ2) is 4.46. The van der Waals surface area contributed by atoms with E-state index in [1.54, 1.807) is 0 Å². The van der Waals surface area contributed by atoms with Crippen LogP contribution in [0.25, 0.3) is 0 Å². The Kier molecular flexibility index (Phi) is 3.29. The molecule has 0 radical (unpaired) electrons. The predicted molar refractivity (Wildman–Crippen MR) is 47.7 cm³/mol. The number of hydrogen-bond acceptors (Lipinski definition) is 6. The summed E-state index contributed by atoms with van der Waals surface area (Å²) in [5.74, 6) is -1.82. The Morgan fingerprint density at radius 3 is 2.80 bits per heavy atom. The van der Waals surface area contributed by atoms with Gasteiger partial charge in [0.1, 0.15) is 0 Å². The van der Waals surface area contributed by atoms with Crippen LogP contribution < -0.4 is 11.1 Å². The van der Waals surface area contributed by atoms with Crippen molar-refractivity contribution < 1.29 is 14.7 Å². The molecule has 1 atom stereocenters. The van der Waals surface area contributed by atoms with Crippen LogP contribution in [-0.4, -0.2) is 43.2 Å². The first-order valence-electron chi connectivity index (χ1n) is 4.01. The number of tetrazole rings is 1. The average Bonchev–Trinajstić information content (AvgIpc) is 2.50. The Labute approximate surface area is 84.2 Å². The van der Waals surface area contributed by atoms with Crippen LogP contribution in [-0.2, 0) is 16.6 Å². The maximum Gasteiger partial charge on any atom is 0.305 e. The first kappa shape index (κ1) is 11.0. The number of amides is 1. The molecule has 1 heterocycles. The predicted octanol–water partition coefficient (Wildman–Crippen LogP) is -2.05. The Hall–Kier alpha value is -2.03. The summed E-state index contributed by atoms with van der Waals surface area (Å²) in [5.41, 5.74) is 5.30. The van der Waals surface area contributed by atoms with Crippen LogP contribution in [0.1, 0.15) is 6.42 Å². The molecule has 9 nitrogen and oxygen atoms in total. The second-order valence-electron chi connectivity index (χ2n) is 2.80. The highest BCUT2D eigenvalue weighted by molar-refractivity contribution is 5.95. The van der Waals surface area contributed by atoms with Crippen molar-refractivity contribution in [2.75, 3.05) is 5.32 Å². The van der Waals surface area contributed by atoms with Crippen LogP contribution in [0.4, 0.5) is 5.95 Å². The van der Waals surface area contributed by atoms with E-state index in [0.29, 0.717) is 0 Å². The van der Waals surface area contributed by atoms with Gasteiger partial charge in [0.05, 0.1) is 19.5 Å². The highest BCUT2D eigenvalue weighted by Gasteiger charge is 2.18. The molecular formula is C6H10N6O3. The van der Waals surface area contributed by atoms with Crippen molar-refractivity contribution in [3.63, 3.8) is 0 Å². The first-order valence-corrected chi connectivity index (χ1v) is 4.01. The quantitative estimate of drug-likeness (QED) is 0.524. The number of nitrogens with two attached hydrogens (primary N) is 1. The number of aliphatic carboxylic acids is 1. The van der Waals surface area contributed by atoms with Gasteiger partial charge < -0.3 is 10.8 Å². The van der Waals surface area contributed by atoms with E-state index in [1.807, 2.05) is 0 Å². The zero-order valence-electron chi connectivity index (χ0n) is 7.91. The van der Waals surface area contributed by atoms with Crippen molar-refractivity contribution >= 4 is 17.8 Å². The Morgan fingerprint density at radius 2 is 2.33 bits per heavy atom. The lowest BCUT2D eigenvalue weighted by molar-refractivity contribution is -0.138. The zero-order chi connectivity index (χ0) is 11.4. The van der Waals surface area contributed by atoms with E-state index < -0.39 is 24.3 Å². The van der Waals surface area contributed by atoms with Gasteiger partial charge in [-0.2, -0.15) is 4.80 Å². The molecule has 0 spiro atoms. The van der Waals surface area contributed by atoms with Gasteiger partial charge in [0.15, 0.2) is 0 Å². The SMILES string of the molecule is Cn1nnc(NC(=O)C(N)CC(=O)O)n1. The van der Waals surface area contributed by atoms with Gasteiger partial charge in [-0.3, -0.25) is 14.9 Å². The molecular weight excluding hydrogens is 204 g/mol. The monoisotopic (exact) mass is 214 g/mol. The number of anilines is 1. The summed E-state index contributed by atoms with van der Waals surface area (Å²) >= 11 is 0. The summed E-state index contributed by atoms with van der Waals surface area (Å²) < 4.78 is 0. The molecule has 1 amide bonds. The lowest BCUT2D eigenvalue weighted by atomic mass is 10.2. The van der Waals surface area contributed by atoms with Gasteiger partial charge in [-0.1, -0.05) is 5.10 Å². The van der Waals surface area contributed by atoms with Gasteiger partial charge in [-0.05, 0) is 5.21 Å². The molecule has 0 fully saturated rings. The van der Waals surface area contributed by atoms with E-state index in [1.165, 1.54) is 7.05 Å². The van der Waals surface area contributed by atoms with Crippen molar-refractivity contribution in [1.29, 1.82) is 0 Å². The summed E-state index contributed by atoms with van der Waals surface area (Å²) in [4.78, 5) is 22.7. The van der Waals surface area contributed by atoms with E-state index in [-0.39, 0.29) is 5.95 Å². The van der Waals surface area contributed by atoms with E-state index >= 15 is 0 Å². The number of nitrogens with zero attached hydrogens (tertiary/aromatic N) is 4. The van der Waals surface area contributed by atoms with Crippen molar-refractivity contribution in [2.45, 2.75) is 12.5 Å². The fourth-order valence-corrected chi connectivity index (χ4v) is 0.818. The molecule has 4 N–H and O–H groups in total. The summed E-state index contributed by atoms with van der Waals surface area (Å²) in [5, 5.41) is 21.3. The minimum absolute atomic E-state index is 0.0108. The molecule has 0 aliphatic rings. The summed E-state index contributed by atoms with van der Waals surface area (Å²) in [7, 11) is 1.53. The number of carbonyl (C=O) groups is 2. The van der Waals surface area contributed by atoms with Crippen LogP contribution in [0, 0.1) is 0 Å². The molecule has 0 saturated carbocycles. The Morgan fingerprint density at radius 1 is 1.67 bits per heavy atom. The molecule has 82 valence electrons. The lowest BCUT2D eigenvalue weighted by Crippen LogP contribution is -2.37. The number of carboxylic acid groups (broad SMARTS) is 1. The van der Waals surface area contributed by atoms with Crippen LogP contribution in [0.3, 0.4) is 0 Å². The Balaban J connectivity index is 2.52. The fourth-order valence-electron chi connectivity index (χ4n) is 0.818. The third-order valence-electron chi connectivity index (χ3n) is 1.47. The summed E-state index contributed by atoms with van der Waals surface area (Å²) in [6.07, 6.45) is -0.452. The molecule has 0 aromatic carbocycles. The highest BCUT2D eigenvalue weighted by atomic mass is 16.4. The first-order chi connectivity index (χ1) is 6.99. The summed E-state index contributed by atoms with van der Waals surface area (Å²) in [6.45, 7) is 0. The van der Waals surface area contributed by atoms with Gasteiger partial charge >= 0.3 is 5.97 Å². The minimum atomic E-state index is -1.15. The number of aryl methyl sites for hydroxylation is 1. The van der Waals surface area contributed by atoms with E-state index in [2.05, 4.69) is 20.7 Å². The second-order valence-corrected chi connectivity index (χ2v) is 2.80. The minimum Gasteiger partial charge on any atom is -0.481 e. The molecule has 0 aliphatic heterocycles. The number of nitrogens with one attached hydrogen (secondary N) is 1. The molecule has 1 rings (SSSR count). The molecule has 1 aromatic rings. The standard InChI is InChI=1S/C6H10N6O3/c1-12-10-6(9-11-12)8-5(15)3(7)2-4(13)14/h3H,2,7H2,1H3,(H,13,14)(H,8,10,15). The fraction of sp³-hybridized carbons (Fsp3) is 0.500. The van der Waals surface area contributed by atoms with Crippen LogP contribution >= 0.6 is 0 Å². The number of carboxylic acids is 1. The van der Waals surface area contributed by atoms with E-state index in [9.17, 15) is 9.59 Å². The molecule has 0 saturated heterocycles. The lowest BCUT2D eigenvalue weighted by Gasteiger charge is -2.06. The van der Waals surface area contributed by atoms with Crippen LogP contribution in [0.5, 0.6) is 0 Å². The molecule has 15 heavy (non-hydrogen) atoms.